The highest BCUT2D eigenvalue weighted by molar-refractivity contribution is 5.66. The van der Waals surface area contributed by atoms with Crippen molar-refractivity contribution >= 4 is 0 Å². The van der Waals surface area contributed by atoms with Crippen molar-refractivity contribution in [1.29, 1.82) is 0 Å². The van der Waals surface area contributed by atoms with E-state index in [-0.39, 0.29) is 0 Å². The van der Waals surface area contributed by atoms with Crippen LogP contribution >= 0.6 is 0 Å². The summed E-state index contributed by atoms with van der Waals surface area (Å²) in [5, 5.41) is 8.09. The van der Waals surface area contributed by atoms with Crippen LogP contribution < -0.4 is 5.32 Å². The number of aromatic nitrogens is 2. The molecule has 19 heavy (non-hydrogen) atoms. The fourth-order valence-electron chi connectivity index (χ4n) is 2.90. The molecule has 2 aromatic rings. The first-order valence-electron chi connectivity index (χ1n) is 7.08. The van der Waals surface area contributed by atoms with E-state index >= 15 is 0 Å². The Morgan fingerprint density at radius 1 is 1.21 bits per heavy atom. The van der Waals surface area contributed by atoms with Crippen LogP contribution in [-0.4, -0.2) is 16.3 Å². The SMILES string of the molecule is Cc1ccc(-c2cnn(C)c2C2CCCCN2)cc1. The lowest BCUT2D eigenvalue weighted by molar-refractivity contribution is 0.394. The molecule has 0 spiro atoms. The Bertz CT molecular complexity index is 548. The summed E-state index contributed by atoms with van der Waals surface area (Å²) in [5.41, 5.74) is 5.15. The molecule has 0 radical (unpaired) electrons. The van der Waals surface area contributed by atoms with Gasteiger partial charge >= 0.3 is 0 Å². The molecule has 1 N–H and O–H groups in total. The zero-order chi connectivity index (χ0) is 13.2. The molecule has 0 bridgehead atoms. The van der Waals surface area contributed by atoms with Gasteiger partial charge in [0, 0.05) is 18.7 Å². The van der Waals surface area contributed by atoms with E-state index in [1.807, 2.05) is 17.9 Å². The van der Waals surface area contributed by atoms with Crippen LogP contribution in [0.4, 0.5) is 0 Å². The van der Waals surface area contributed by atoms with Gasteiger partial charge in [0.15, 0.2) is 0 Å². The van der Waals surface area contributed by atoms with Gasteiger partial charge < -0.3 is 5.32 Å². The lowest BCUT2D eigenvalue weighted by Crippen LogP contribution is -2.28. The van der Waals surface area contributed by atoms with E-state index in [1.165, 1.54) is 41.6 Å². The third-order valence-corrected chi connectivity index (χ3v) is 3.99. The molecule has 0 amide bonds. The summed E-state index contributed by atoms with van der Waals surface area (Å²) in [7, 11) is 2.04. The lowest BCUT2D eigenvalue weighted by Gasteiger charge is -2.25. The van der Waals surface area contributed by atoms with Gasteiger partial charge in [0.1, 0.15) is 0 Å². The molecule has 100 valence electrons. The van der Waals surface area contributed by atoms with Crippen molar-refractivity contribution < 1.29 is 0 Å². The molecular formula is C16H21N3. The number of nitrogens with one attached hydrogen (secondary N) is 1. The maximum absolute atomic E-state index is 4.47. The first kappa shape index (κ1) is 12.4. The Balaban J connectivity index is 1.99. The van der Waals surface area contributed by atoms with Gasteiger partial charge in [0.05, 0.1) is 11.9 Å². The molecule has 1 saturated heterocycles. The van der Waals surface area contributed by atoms with Crippen molar-refractivity contribution in [3.8, 4) is 11.1 Å². The third-order valence-electron chi connectivity index (χ3n) is 3.99. The van der Waals surface area contributed by atoms with Crippen molar-refractivity contribution in [2.75, 3.05) is 6.54 Å². The summed E-state index contributed by atoms with van der Waals surface area (Å²) < 4.78 is 2.03. The van der Waals surface area contributed by atoms with Crippen LogP contribution in [0.25, 0.3) is 11.1 Å². The number of nitrogens with zero attached hydrogens (tertiary/aromatic N) is 2. The van der Waals surface area contributed by atoms with Gasteiger partial charge in [0.2, 0.25) is 0 Å². The Kier molecular flexibility index (Phi) is 3.38. The molecule has 3 heteroatoms. The van der Waals surface area contributed by atoms with Crippen molar-refractivity contribution in [2.45, 2.75) is 32.2 Å². The molecule has 3 nitrogen and oxygen atoms in total. The molecule has 1 unspecified atom stereocenters. The minimum Gasteiger partial charge on any atom is -0.309 e. The van der Waals surface area contributed by atoms with E-state index in [4.69, 9.17) is 0 Å². The highest BCUT2D eigenvalue weighted by Gasteiger charge is 2.22. The smallest absolute Gasteiger partial charge is 0.0628 e. The third kappa shape index (κ3) is 2.43. The standard InChI is InChI=1S/C16H21N3/c1-12-6-8-13(9-7-12)14-11-18-19(2)16(14)15-5-3-4-10-17-15/h6-9,11,15,17H,3-5,10H2,1-2H3. The van der Waals surface area contributed by atoms with Crippen LogP contribution in [0, 0.1) is 6.92 Å². The van der Waals surface area contributed by atoms with Crippen LogP contribution in [0.3, 0.4) is 0 Å². The summed E-state index contributed by atoms with van der Waals surface area (Å²) in [4.78, 5) is 0. The first-order chi connectivity index (χ1) is 9.25. The second kappa shape index (κ2) is 5.17. The normalized spacial score (nSPS) is 19.6. The van der Waals surface area contributed by atoms with Crippen LogP contribution in [-0.2, 0) is 7.05 Å². The molecule has 1 aromatic heterocycles. The number of rotatable bonds is 2. The predicted molar refractivity (Wildman–Crippen MR) is 78.0 cm³/mol. The molecule has 1 aliphatic heterocycles. The molecule has 0 aliphatic carbocycles. The van der Waals surface area contributed by atoms with Gasteiger partial charge in [-0.2, -0.15) is 5.10 Å². The molecule has 1 aromatic carbocycles. The highest BCUT2D eigenvalue weighted by Crippen LogP contribution is 2.31. The van der Waals surface area contributed by atoms with Gasteiger partial charge in [-0.1, -0.05) is 36.2 Å². The molecule has 1 aliphatic rings. The van der Waals surface area contributed by atoms with Crippen molar-refractivity contribution in [3.05, 3.63) is 41.7 Å². The van der Waals surface area contributed by atoms with Crippen LogP contribution in [0.1, 0.15) is 36.6 Å². The van der Waals surface area contributed by atoms with Crippen LogP contribution in [0.15, 0.2) is 30.5 Å². The fraction of sp³-hybridized carbons (Fsp3) is 0.438. The second-order valence-corrected chi connectivity index (χ2v) is 5.44. The Labute approximate surface area is 114 Å². The largest absolute Gasteiger partial charge is 0.309 e. The number of hydrogen-bond acceptors (Lipinski definition) is 2. The van der Waals surface area contributed by atoms with Gasteiger partial charge in [-0.3, -0.25) is 4.68 Å². The highest BCUT2D eigenvalue weighted by atomic mass is 15.3. The molecule has 1 fully saturated rings. The van der Waals surface area contributed by atoms with Crippen LogP contribution in [0.2, 0.25) is 0 Å². The van der Waals surface area contributed by atoms with Crippen molar-refractivity contribution in [1.82, 2.24) is 15.1 Å². The van der Waals surface area contributed by atoms with E-state index < -0.39 is 0 Å². The van der Waals surface area contributed by atoms with Gasteiger partial charge in [-0.15, -0.1) is 0 Å². The number of hydrogen-bond donors (Lipinski definition) is 1. The van der Waals surface area contributed by atoms with Crippen molar-refractivity contribution in [3.63, 3.8) is 0 Å². The van der Waals surface area contributed by atoms with E-state index in [9.17, 15) is 0 Å². The zero-order valence-corrected chi connectivity index (χ0v) is 11.7. The Morgan fingerprint density at radius 3 is 2.68 bits per heavy atom. The number of piperidine rings is 1. The maximum Gasteiger partial charge on any atom is 0.0628 e. The minimum absolute atomic E-state index is 0.442. The Morgan fingerprint density at radius 2 is 2.00 bits per heavy atom. The summed E-state index contributed by atoms with van der Waals surface area (Å²) in [6, 6.07) is 9.16. The molecule has 1 atom stereocenters. The Hall–Kier alpha value is -1.61. The minimum atomic E-state index is 0.442. The maximum atomic E-state index is 4.47. The van der Waals surface area contributed by atoms with E-state index in [2.05, 4.69) is 41.6 Å². The average molecular weight is 255 g/mol. The number of aryl methyl sites for hydroxylation is 2. The fourth-order valence-corrected chi connectivity index (χ4v) is 2.90. The van der Waals surface area contributed by atoms with E-state index in [0.29, 0.717) is 6.04 Å². The molecule has 3 rings (SSSR count). The first-order valence-corrected chi connectivity index (χ1v) is 7.08. The molecular weight excluding hydrogens is 234 g/mol. The molecule has 0 saturated carbocycles. The van der Waals surface area contributed by atoms with Gasteiger partial charge in [-0.05, 0) is 31.9 Å². The monoisotopic (exact) mass is 255 g/mol. The van der Waals surface area contributed by atoms with Gasteiger partial charge in [-0.25, -0.2) is 0 Å². The zero-order valence-electron chi connectivity index (χ0n) is 11.7. The summed E-state index contributed by atoms with van der Waals surface area (Å²) >= 11 is 0. The topological polar surface area (TPSA) is 29.9 Å². The van der Waals surface area contributed by atoms with Crippen LogP contribution in [0.5, 0.6) is 0 Å². The van der Waals surface area contributed by atoms with E-state index in [1.54, 1.807) is 0 Å². The summed E-state index contributed by atoms with van der Waals surface area (Å²) in [6.45, 7) is 3.24. The molecule has 2 heterocycles. The predicted octanol–water partition coefficient (Wildman–Crippen LogP) is 3.21. The summed E-state index contributed by atoms with van der Waals surface area (Å²) in [6.07, 6.45) is 5.79. The quantitative estimate of drug-likeness (QED) is 0.893. The average Bonchev–Trinajstić information content (AvgIpc) is 2.82. The summed E-state index contributed by atoms with van der Waals surface area (Å²) in [5.74, 6) is 0. The van der Waals surface area contributed by atoms with Gasteiger partial charge in [0.25, 0.3) is 0 Å². The number of benzene rings is 1. The lowest BCUT2D eigenvalue weighted by atomic mass is 9.96. The van der Waals surface area contributed by atoms with E-state index in [0.717, 1.165) is 6.54 Å². The van der Waals surface area contributed by atoms with Crippen molar-refractivity contribution in [2.24, 2.45) is 7.05 Å². The second-order valence-electron chi connectivity index (χ2n) is 5.44.